The molecule has 1 N–H and O–H groups in total. The molecule has 1 aliphatic rings. The molecule has 1 aromatic carbocycles. The first kappa shape index (κ1) is 15.3. The molecule has 0 bridgehead atoms. The lowest BCUT2D eigenvalue weighted by molar-refractivity contribution is 0.0947. The number of nitrogens with zero attached hydrogens (tertiary/aromatic N) is 2. The van der Waals surface area contributed by atoms with Gasteiger partial charge < -0.3 is 10.1 Å². The monoisotopic (exact) mass is 339 g/mol. The second kappa shape index (κ2) is 6.28. The number of halogens is 2. The van der Waals surface area contributed by atoms with Crippen molar-refractivity contribution in [1.82, 2.24) is 15.1 Å². The molecule has 1 aromatic heterocycles. The van der Waals surface area contributed by atoms with E-state index in [4.69, 9.17) is 27.9 Å². The molecule has 5 nitrogen and oxygen atoms in total. The number of rotatable bonds is 3. The van der Waals surface area contributed by atoms with Gasteiger partial charge in [0.1, 0.15) is 0 Å². The Bertz CT molecular complexity index is 728. The summed E-state index contributed by atoms with van der Waals surface area (Å²) >= 11 is 11.9. The molecule has 0 spiro atoms. The summed E-state index contributed by atoms with van der Waals surface area (Å²) in [5.41, 5.74) is 3.40. The van der Waals surface area contributed by atoms with Crippen molar-refractivity contribution in [3.63, 3.8) is 0 Å². The van der Waals surface area contributed by atoms with E-state index in [-0.39, 0.29) is 5.91 Å². The highest BCUT2D eigenvalue weighted by Gasteiger charge is 2.20. The third-order valence-electron chi connectivity index (χ3n) is 3.68. The highest BCUT2D eigenvalue weighted by molar-refractivity contribution is 6.35. The molecule has 1 amide bonds. The Balaban J connectivity index is 1.75. The first-order valence-corrected chi connectivity index (χ1v) is 7.66. The largest absolute Gasteiger partial charge is 0.376 e. The Morgan fingerprint density at radius 1 is 1.45 bits per heavy atom. The lowest BCUT2D eigenvalue weighted by Crippen LogP contribution is -2.24. The van der Waals surface area contributed by atoms with Crippen LogP contribution in [-0.2, 0) is 31.4 Å². The molecule has 0 fully saturated rings. The molecule has 3 rings (SSSR count). The van der Waals surface area contributed by atoms with Gasteiger partial charge >= 0.3 is 0 Å². The van der Waals surface area contributed by atoms with Crippen molar-refractivity contribution in [1.29, 1.82) is 0 Å². The Morgan fingerprint density at radius 3 is 3.09 bits per heavy atom. The fraction of sp³-hybridized carbons (Fsp3) is 0.333. The Kier molecular flexibility index (Phi) is 4.38. The number of nitrogens with one attached hydrogen (secondary N) is 1. The second-order valence-corrected chi connectivity index (χ2v) is 5.95. The number of amides is 1. The summed E-state index contributed by atoms with van der Waals surface area (Å²) in [6.07, 6.45) is 0.840. The second-order valence-electron chi connectivity index (χ2n) is 5.10. The number of carbonyl (C=O) groups is 1. The maximum absolute atomic E-state index is 12.2. The van der Waals surface area contributed by atoms with Crippen molar-refractivity contribution in [3.05, 3.63) is 50.8 Å². The normalized spacial score (nSPS) is 13.8. The van der Waals surface area contributed by atoms with Gasteiger partial charge in [0.15, 0.2) is 0 Å². The number of carbonyl (C=O) groups excluding carboxylic acids is 1. The summed E-state index contributed by atoms with van der Waals surface area (Å²) in [5, 5.41) is 8.13. The van der Waals surface area contributed by atoms with Gasteiger partial charge in [0.2, 0.25) is 0 Å². The minimum absolute atomic E-state index is 0.274. The van der Waals surface area contributed by atoms with Crippen LogP contribution in [0.3, 0.4) is 0 Å². The fourth-order valence-electron chi connectivity index (χ4n) is 2.56. The van der Waals surface area contributed by atoms with Gasteiger partial charge in [-0.25, -0.2) is 0 Å². The molecule has 22 heavy (non-hydrogen) atoms. The molecule has 0 atom stereocenters. The van der Waals surface area contributed by atoms with Crippen LogP contribution in [0.1, 0.15) is 27.3 Å². The molecular weight excluding hydrogens is 325 g/mol. The number of hydrogen-bond acceptors (Lipinski definition) is 3. The summed E-state index contributed by atoms with van der Waals surface area (Å²) in [7, 11) is 1.91. The van der Waals surface area contributed by atoms with Crippen LogP contribution < -0.4 is 5.32 Å². The third kappa shape index (κ3) is 2.97. The average molecular weight is 340 g/mol. The SMILES string of the molecule is Cn1nc(CNC(=O)c2cc(Cl)ccc2Cl)c2c1CCOC2. The lowest BCUT2D eigenvalue weighted by Gasteiger charge is -2.14. The van der Waals surface area contributed by atoms with E-state index >= 15 is 0 Å². The van der Waals surface area contributed by atoms with E-state index < -0.39 is 0 Å². The van der Waals surface area contributed by atoms with Gasteiger partial charge in [0, 0.05) is 29.7 Å². The Hall–Kier alpha value is -1.56. The van der Waals surface area contributed by atoms with Gasteiger partial charge in [-0.2, -0.15) is 5.10 Å². The highest BCUT2D eigenvalue weighted by atomic mass is 35.5. The minimum Gasteiger partial charge on any atom is -0.376 e. The quantitative estimate of drug-likeness (QED) is 0.935. The molecule has 0 unspecified atom stereocenters. The maximum Gasteiger partial charge on any atom is 0.253 e. The average Bonchev–Trinajstić information content (AvgIpc) is 2.84. The smallest absolute Gasteiger partial charge is 0.253 e. The molecule has 0 saturated heterocycles. The Morgan fingerprint density at radius 2 is 2.27 bits per heavy atom. The molecule has 0 saturated carbocycles. The molecule has 2 aromatic rings. The predicted octanol–water partition coefficient (Wildman–Crippen LogP) is 2.73. The molecule has 1 aliphatic heterocycles. The van der Waals surface area contributed by atoms with Crippen LogP contribution in [0.2, 0.25) is 10.0 Å². The summed E-state index contributed by atoms with van der Waals surface area (Å²) in [6.45, 7) is 1.57. The van der Waals surface area contributed by atoms with E-state index in [0.717, 1.165) is 23.4 Å². The summed E-state index contributed by atoms with van der Waals surface area (Å²) in [6, 6.07) is 4.80. The van der Waals surface area contributed by atoms with Crippen LogP contribution in [0.15, 0.2) is 18.2 Å². The summed E-state index contributed by atoms with van der Waals surface area (Å²) in [5.74, 6) is -0.274. The zero-order chi connectivity index (χ0) is 15.7. The molecule has 2 heterocycles. The van der Waals surface area contributed by atoms with Gasteiger partial charge in [-0.3, -0.25) is 9.48 Å². The van der Waals surface area contributed by atoms with Gasteiger partial charge in [-0.15, -0.1) is 0 Å². The van der Waals surface area contributed by atoms with Crippen molar-refractivity contribution in [2.75, 3.05) is 6.61 Å². The number of ether oxygens (including phenoxy) is 1. The van der Waals surface area contributed by atoms with Gasteiger partial charge in [-0.05, 0) is 18.2 Å². The van der Waals surface area contributed by atoms with E-state index in [1.807, 2.05) is 11.7 Å². The van der Waals surface area contributed by atoms with Crippen molar-refractivity contribution >= 4 is 29.1 Å². The van der Waals surface area contributed by atoms with Crippen LogP contribution in [0.5, 0.6) is 0 Å². The van der Waals surface area contributed by atoms with Crippen molar-refractivity contribution in [2.24, 2.45) is 7.05 Å². The molecular formula is C15H15Cl2N3O2. The van der Waals surface area contributed by atoms with Crippen LogP contribution in [0.4, 0.5) is 0 Å². The van der Waals surface area contributed by atoms with Gasteiger partial charge in [0.25, 0.3) is 5.91 Å². The first-order valence-electron chi connectivity index (χ1n) is 6.91. The Labute approximate surface area is 138 Å². The third-order valence-corrected chi connectivity index (χ3v) is 4.24. The fourth-order valence-corrected chi connectivity index (χ4v) is 2.93. The van der Waals surface area contributed by atoms with E-state index in [9.17, 15) is 4.79 Å². The van der Waals surface area contributed by atoms with Crippen LogP contribution in [0, 0.1) is 0 Å². The topological polar surface area (TPSA) is 56.2 Å². The predicted molar refractivity (Wildman–Crippen MR) is 84.2 cm³/mol. The van der Waals surface area contributed by atoms with Crippen molar-refractivity contribution in [3.8, 4) is 0 Å². The molecule has 0 radical (unpaired) electrons. The lowest BCUT2D eigenvalue weighted by atomic mass is 10.1. The molecule has 116 valence electrons. The van der Waals surface area contributed by atoms with Crippen LogP contribution in [0.25, 0.3) is 0 Å². The van der Waals surface area contributed by atoms with E-state index in [0.29, 0.717) is 35.4 Å². The van der Waals surface area contributed by atoms with Gasteiger partial charge in [-0.1, -0.05) is 23.2 Å². The number of aromatic nitrogens is 2. The maximum atomic E-state index is 12.2. The highest BCUT2D eigenvalue weighted by Crippen LogP contribution is 2.22. The molecule has 0 aliphatic carbocycles. The first-order chi connectivity index (χ1) is 10.6. The number of hydrogen-bond donors (Lipinski definition) is 1. The summed E-state index contributed by atoms with van der Waals surface area (Å²) in [4.78, 5) is 12.2. The van der Waals surface area contributed by atoms with E-state index in [1.54, 1.807) is 18.2 Å². The van der Waals surface area contributed by atoms with Crippen molar-refractivity contribution < 1.29 is 9.53 Å². The number of benzene rings is 1. The zero-order valence-corrected chi connectivity index (χ0v) is 13.5. The molecule has 7 heteroatoms. The van der Waals surface area contributed by atoms with Crippen molar-refractivity contribution in [2.45, 2.75) is 19.6 Å². The standard InChI is InChI=1S/C15H15Cl2N3O2/c1-20-14-4-5-22-8-11(14)13(19-20)7-18-15(21)10-6-9(16)2-3-12(10)17/h2-3,6H,4-5,7-8H2,1H3,(H,18,21). The van der Waals surface area contributed by atoms with E-state index in [2.05, 4.69) is 10.4 Å². The minimum atomic E-state index is -0.274. The van der Waals surface area contributed by atoms with Crippen LogP contribution >= 0.6 is 23.2 Å². The zero-order valence-electron chi connectivity index (χ0n) is 12.0. The number of aryl methyl sites for hydroxylation is 1. The summed E-state index contributed by atoms with van der Waals surface area (Å²) < 4.78 is 7.32. The van der Waals surface area contributed by atoms with E-state index in [1.165, 1.54) is 0 Å². The van der Waals surface area contributed by atoms with Crippen LogP contribution in [-0.4, -0.2) is 22.3 Å². The van der Waals surface area contributed by atoms with Gasteiger partial charge in [0.05, 0.1) is 36.0 Å². The number of fused-ring (bicyclic) bond motifs is 1.